The zero-order chi connectivity index (χ0) is 49.1. The van der Waals surface area contributed by atoms with Crippen molar-refractivity contribution in [2.75, 3.05) is 31.3 Å². The SMILES string of the molecule is CC(CCCN=C(N)N)C(=O)NC(CC(=O)O)C(=O)NC(CC(=O)O)C(=O)NC(CSSCCOC(=O)OCC(=O)C1(O)CCC2C3CCC4=CC(=O)C=CC4(C)C3C(O)CC21C)C(=O)O. The number of carboxylic acid groups (broad SMARTS) is 3. The Kier molecular flexibility index (Phi) is 18.6. The van der Waals surface area contributed by atoms with Crippen molar-refractivity contribution < 1.29 is 78.2 Å². The molecule has 0 aromatic carbocycles. The van der Waals surface area contributed by atoms with E-state index in [4.69, 9.17) is 20.9 Å². The molecule has 0 radical (unpaired) electrons. The number of rotatable bonds is 24. The van der Waals surface area contributed by atoms with Gasteiger partial charge in [-0.1, -0.05) is 54.0 Å². The fraction of sp³-hybridized carbons (Fsp3) is 0.667. The maximum absolute atomic E-state index is 13.6. The number of hydrogen-bond donors (Lipinski definition) is 10. The van der Waals surface area contributed by atoms with Crippen LogP contribution in [0.4, 0.5) is 4.79 Å². The molecular weight excluding hydrogens is 909 g/mol. The van der Waals surface area contributed by atoms with Gasteiger partial charge in [0.2, 0.25) is 23.5 Å². The van der Waals surface area contributed by atoms with Gasteiger partial charge in [0, 0.05) is 40.7 Å². The number of ether oxygens (including phenoxy) is 2. The van der Waals surface area contributed by atoms with Crippen LogP contribution in [0.5, 0.6) is 0 Å². The number of hydrogen-bond acceptors (Lipinski definition) is 16. The zero-order valence-electron chi connectivity index (χ0n) is 36.9. The van der Waals surface area contributed by atoms with E-state index in [1.807, 2.05) is 13.0 Å². The zero-order valence-corrected chi connectivity index (χ0v) is 38.5. The van der Waals surface area contributed by atoms with Gasteiger partial charge in [0.15, 0.2) is 18.3 Å². The number of nitrogens with one attached hydrogen (secondary N) is 3. The maximum atomic E-state index is 13.6. The van der Waals surface area contributed by atoms with Crippen molar-refractivity contribution in [1.82, 2.24) is 16.0 Å². The molecule has 0 spiro atoms. The van der Waals surface area contributed by atoms with Crippen LogP contribution in [0.15, 0.2) is 28.8 Å². The Balaban J connectivity index is 1.22. The van der Waals surface area contributed by atoms with E-state index in [-0.39, 0.29) is 73.4 Å². The van der Waals surface area contributed by atoms with Crippen molar-refractivity contribution >= 4 is 80.9 Å². The van der Waals surface area contributed by atoms with E-state index in [2.05, 4.69) is 20.9 Å². The molecule has 3 fully saturated rings. The lowest BCUT2D eigenvalue weighted by Gasteiger charge is -2.59. The number of nitrogens with two attached hydrogens (primary N) is 2. The largest absolute Gasteiger partial charge is 0.508 e. The van der Waals surface area contributed by atoms with Gasteiger partial charge in [0.05, 0.1) is 18.9 Å². The molecule has 22 nitrogen and oxygen atoms in total. The Morgan fingerprint density at radius 3 is 2.14 bits per heavy atom. The summed E-state index contributed by atoms with van der Waals surface area (Å²) >= 11 is 0. The number of carbonyl (C=O) groups is 9. The summed E-state index contributed by atoms with van der Waals surface area (Å²) < 4.78 is 10.1. The van der Waals surface area contributed by atoms with E-state index in [0.717, 1.165) is 27.2 Å². The highest BCUT2D eigenvalue weighted by Gasteiger charge is 2.68. The van der Waals surface area contributed by atoms with E-state index in [1.165, 1.54) is 13.0 Å². The molecule has 4 rings (SSSR count). The molecule has 3 amide bonds. The highest BCUT2D eigenvalue weighted by Crippen LogP contribution is 2.67. The first-order chi connectivity index (χ1) is 30.9. The molecule has 11 atom stereocenters. The molecule has 0 bridgehead atoms. The standard InChI is InChI=1S/C42H60N6O16S2/c1-21(5-4-12-45-38(43)44)34(56)46-26(16-31(52)53)35(57)47-27(17-32(54)55)36(58)48-28(37(59)60)20-66-65-14-13-63-39(61)64-19-30(51)42(62)11-9-25-24-7-6-22-15-23(49)8-10-40(22,2)33(24)29(50)18-41(25,42)3/h8,10,15,21,24-29,33,50,62H,4-7,9,11-14,16-20H2,1-3H3,(H,46,56)(H,47,57)(H,48,58)(H,52,53)(H,54,55)(H,59,60)(H4,43,44,45). The first-order valence-electron chi connectivity index (χ1n) is 21.5. The second-order valence-electron chi connectivity index (χ2n) is 17.6. The van der Waals surface area contributed by atoms with Crippen LogP contribution in [0, 0.1) is 34.5 Å². The van der Waals surface area contributed by atoms with E-state index in [9.17, 15) is 68.7 Å². The second kappa shape index (κ2) is 23.0. The number of ketones is 2. The van der Waals surface area contributed by atoms with Gasteiger partial charge in [0.25, 0.3) is 0 Å². The molecule has 66 heavy (non-hydrogen) atoms. The van der Waals surface area contributed by atoms with Crippen molar-refractivity contribution in [3.05, 3.63) is 23.8 Å². The van der Waals surface area contributed by atoms with Gasteiger partial charge >= 0.3 is 24.1 Å². The highest BCUT2D eigenvalue weighted by atomic mass is 33.1. The third kappa shape index (κ3) is 13.0. The molecule has 366 valence electrons. The van der Waals surface area contributed by atoms with Gasteiger partial charge in [-0.25, -0.2) is 9.59 Å². The summed E-state index contributed by atoms with van der Waals surface area (Å²) in [5.74, 6) is -9.92. The lowest BCUT2D eigenvalue weighted by molar-refractivity contribution is -0.179. The monoisotopic (exact) mass is 968 g/mol. The van der Waals surface area contributed by atoms with Crippen LogP contribution in [-0.4, -0.2) is 146 Å². The van der Waals surface area contributed by atoms with Crippen molar-refractivity contribution in [1.29, 1.82) is 0 Å². The Morgan fingerprint density at radius 1 is 0.909 bits per heavy atom. The summed E-state index contributed by atoms with van der Waals surface area (Å²) in [7, 11) is 1.97. The van der Waals surface area contributed by atoms with Crippen molar-refractivity contribution in [3.8, 4) is 0 Å². The van der Waals surface area contributed by atoms with Gasteiger partial charge < -0.3 is 62.4 Å². The molecule has 0 aromatic heterocycles. The predicted molar refractivity (Wildman–Crippen MR) is 237 cm³/mol. The summed E-state index contributed by atoms with van der Waals surface area (Å²) in [6, 6.07) is -5.21. The molecule has 0 aliphatic heterocycles. The predicted octanol–water partition coefficient (Wildman–Crippen LogP) is 0.278. The normalized spacial score (nSPS) is 28.0. The number of allylic oxidation sites excluding steroid dienone is 4. The number of aliphatic carboxylic acids is 3. The molecule has 0 heterocycles. The summed E-state index contributed by atoms with van der Waals surface area (Å²) in [4.78, 5) is 116. The molecule has 0 saturated heterocycles. The van der Waals surface area contributed by atoms with E-state index < -0.39 is 114 Å². The van der Waals surface area contributed by atoms with E-state index >= 15 is 0 Å². The molecule has 11 unspecified atom stereocenters. The number of aliphatic imine (C=N–C) groups is 1. The molecule has 12 N–H and O–H groups in total. The summed E-state index contributed by atoms with van der Waals surface area (Å²) in [6.45, 7) is 4.51. The van der Waals surface area contributed by atoms with Crippen LogP contribution < -0.4 is 27.4 Å². The quantitative estimate of drug-likeness (QED) is 0.0204. The van der Waals surface area contributed by atoms with Gasteiger partial charge in [-0.2, -0.15) is 0 Å². The third-order valence-corrected chi connectivity index (χ3v) is 15.7. The first-order valence-corrected chi connectivity index (χ1v) is 24.0. The summed E-state index contributed by atoms with van der Waals surface area (Å²) in [6.07, 6.45) is 3.80. The Hall–Kier alpha value is -5.20. The Labute approximate surface area is 388 Å². The Morgan fingerprint density at radius 2 is 1.53 bits per heavy atom. The van der Waals surface area contributed by atoms with E-state index in [0.29, 0.717) is 25.7 Å². The van der Waals surface area contributed by atoms with Crippen LogP contribution in [0.1, 0.15) is 78.6 Å². The highest BCUT2D eigenvalue weighted by molar-refractivity contribution is 8.76. The maximum Gasteiger partial charge on any atom is 0.508 e. The number of guanidine groups is 1. The third-order valence-electron chi connectivity index (χ3n) is 13.3. The fourth-order valence-corrected chi connectivity index (χ4v) is 11.9. The van der Waals surface area contributed by atoms with Gasteiger partial charge in [-0.15, -0.1) is 0 Å². The van der Waals surface area contributed by atoms with Crippen LogP contribution in [0.25, 0.3) is 0 Å². The Bertz CT molecular complexity index is 2000. The molecule has 24 heteroatoms. The molecule has 4 aliphatic carbocycles. The van der Waals surface area contributed by atoms with Crippen LogP contribution in [-0.2, 0) is 47.8 Å². The number of amides is 3. The smallest absolute Gasteiger partial charge is 0.481 e. The van der Waals surface area contributed by atoms with Crippen molar-refractivity contribution in [2.24, 2.45) is 51.0 Å². The van der Waals surface area contributed by atoms with Crippen molar-refractivity contribution in [3.63, 3.8) is 0 Å². The average Bonchev–Trinajstić information content (AvgIpc) is 3.50. The number of carboxylic acids is 3. The second-order valence-corrected chi connectivity index (χ2v) is 20.2. The first kappa shape index (κ1) is 53.4. The number of aliphatic hydroxyl groups excluding tert-OH is 1. The number of fused-ring (bicyclic) bond motifs is 5. The van der Waals surface area contributed by atoms with Gasteiger partial charge in [0.1, 0.15) is 30.3 Å². The topological polar surface area (TPSA) is 374 Å². The molecule has 0 aromatic rings. The summed E-state index contributed by atoms with van der Waals surface area (Å²) in [5, 5.41) is 58.5. The van der Waals surface area contributed by atoms with Crippen LogP contribution in [0.2, 0.25) is 0 Å². The van der Waals surface area contributed by atoms with E-state index in [1.54, 1.807) is 13.0 Å². The summed E-state index contributed by atoms with van der Waals surface area (Å²) in [5.41, 5.74) is 8.13. The minimum Gasteiger partial charge on any atom is -0.481 e. The lowest BCUT2D eigenvalue weighted by atomic mass is 9.46. The van der Waals surface area contributed by atoms with Gasteiger partial charge in [-0.05, 0) is 68.9 Å². The number of Topliss-reactive ketones (excluding diaryl/α,β-unsaturated/α-hetero) is 1. The van der Waals surface area contributed by atoms with Crippen molar-refractivity contribution in [2.45, 2.75) is 108 Å². The van der Waals surface area contributed by atoms with Crippen LogP contribution in [0.3, 0.4) is 0 Å². The molecule has 4 aliphatic rings. The number of carbonyl (C=O) groups excluding carboxylic acids is 6. The fourth-order valence-electron chi connectivity index (χ4n) is 9.95. The average molecular weight is 969 g/mol. The minimum absolute atomic E-state index is 0.0207. The number of aliphatic hydroxyl groups is 2. The molecule has 3 saturated carbocycles. The molecular formula is C42H60N6O16S2. The van der Waals surface area contributed by atoms with Gasteiger partial charge in [-0.3, -0.25) is 38.6 Å². The minimum atomic E-state index is -1.88. The van der Waals surface area contributed by atoms with Crippen LogP contribution >= 0.6 is 21.6 Å². The lowest BCUT2D eigenvalue weighted by Crippen LogP contribution is -2.61. The number of nitrogens with zero attached hydrogens (tertiary/aromatic N) is 1.